The normalized spacial score (nSPS) is 10.8. The number of hydrogen-bond acceptors (Lipinski definition) is 3. The highest BCUT2D eigenvalue weighted by Gasteiger charge is 2.12. The molecular formula is C13H18BrN5O. The van der Waals surface area contributed by atoms with E-state index in [-0.39, 0.29) is 5.91 Å². The summed E-state index contributed by atoms with van der Waals surface area (Å²) in [5.41, 5.74) is 1.05. The second-order valence-electron chi connectivity index (χ2n) is 4.56. The molecule has 108 valence electrons. The molecule has 0 unspecified atom stereocenters. The van der Waals surface area contributed by atoms with Gasteiger partial charge in [-0.3, -0.25) is 14.2 Å². The van der Waals surface area contributed by atoms with Crippen LogP contribution in [0.25, 0.3) is 0 Å². The van der Waals surface area contributed by atoms with E-state index in [1.165, 1.54) is 0 Å². The highest BCUT2D eigenvalue weighted by Crippen LogP contribution is 2.08. The van der Waals surface area contributed by atoms with Crippen LogP contribution in [0.2, 0.25) is 0 Å². The lowest BCUT2D eigenvalue weighted by atomic mass is 10.3. The number of rotatable bonds is 6. The molecule has 7 heteroatoms. The maximum Gasteiger partial charge on any atom is 0.224 e. The van der Waals surface area contributed by atoms with Crippen molar-refractivity contribution in [2.45, 2.75) is 33.0 Å². The molecule has 2 aromatic rings. The topological polar surface area (TPSA) is 56.0 Å². The fourth-order valence-corrected chi connectivity index (χ4v) is 2.30. The predicted octanol–water partition coefficient (Wildman–Crippen LogP) is 1.91. The van der Waals surface area contributed by atoms with E-state index in [1.54, 1.807) is 22.0 Å². The molecule has 2 heterocycles. The monoisotopic (exact) mass is 339 g/mol. The van der Waals surface area contributed by atoms with Gasteiger partial charge < -0.3 is 4.90 Å². The molecule has 0 aliphatic rings. The number of nitrogens with zero attached hydrogens (tertiary/aromatic N) is 5. The fourth-order valence-electron chi connectivity index (χ4n) is 1.97. The zero-order chi connectivity index (χ0) is 14.5. The molecule has 0 atom stereocenters. The summed E-state index contributed by atoms with van der Waals surface area (Å²) in [7, 11) is 1.81. The van der Waals surface area contributed by atoms with Crippen LogP contribution in [-0.2, 0) is 24.4 Å². The lowest BCUT2D eigenvalue weighted by molar-refractivity contribution is -0.130. The summed E-state index contributed by atoms with van der Waals surface area (Å²) in [5, 5.41) is 8.34. The number of halogens is 1. The molecule has 0 saturated carbocycles. The van der Waals surface area contributed by atoms with Gasteiger partial charge in [0.05, 0.1) is 22.9 Å². The zero-order valence-corrected chi connectivity index (χ0v) is 13.2. The summed E-state index contributed by atoms with van der Waals surface area (Å²) in [6, 6.07) is 1.94. The van der Waals surface area contributed by atoms with Crippen LogP contribution < -0.4 is 0 Å². The van der Waals surface area contributed by atoms with E-state index in [1.807, 2.05) is 30.9 Å². The van der Waals surface area contributed by atoms with Gasteiger partial charge in [-0.05, 0) is 28.9 Å². The van der Waals surface area contributed by atoms with Gasteiger partial charge in [0.15, 0.2) is 0 Å². The Kier molecular flexibility index (Phi) is 4.94. The summed E-state index contributed by atoms with van der Waals surface area (Å²) >= 11 is 3.34. The third-order valence-electron chi connectivity index (χ3n) is 3.09. The summed E-state index contributed by atoms with van der Waals surface area (Å²) in [4.78, 5) is 13.8. The Hall–Kier alpha value is -1.63. The molecule has 0 fully saturated rings. The molecular weight excluding hydrogens is 322 g/mol. The Balaban J connectivity index is 1.86. The molecule has 0 N–H and O–H groups in total. The maximum absolute atomic E-state index is 12.1. The SMILES string of the molecule is CCn1nccc1CN(C)C(=O)CCn1cc(Br)cn1. The second-order valence-corrected chi connectivity index (χ2v) is 5.48. The van der Waals surface area contributed by atoms with Crippen LogP contribution in [0.3, 0.4) is 0 Å². The Morgan fingerprint density at radius 2 is 2.25 bits per heavy atom. The van der Waals surface area contributed by atoms with Gasteiger partial charge in [-0.15, -0.1) is 0 Å². The van der Waals surface area contributed by atoms with Crippen LogP contribution >= 0.6 is 15.9 Å². The second kappa shape index (κ2) is 6.69. The van der Waals surface area contributed by atoms with Gasteiger partial charge in [-0.2, -0.15) is 10.2 Å². The van der Waals surface area contributed by atoms with Crippen molar-refractivity contribution < 1.29 is 4.79 Å². The predicted molar refractivity (Wildman–Crippen MR) is 78.9 cm³/mol. The van der Waals surface area contributed by atoms with Gasteiger partial charge >= 0.3 is 0 Å². The molecule has 0 aromatic carbocycles. The minimum atomic E-state index is 0.0977. The van der Waals surface area contributed by atoms with Gasteiger partial charge in [0, 0.05) is 39.0 Å². The molecule has 0 aliphatic carbocycles. The fraction of sp³-hybridized carbons (Fsp3) is 0.462. The molecule has 2 aromatic heterocycles. The van der Waals surface area contributed by atoms with Crippen LogP contribution in [-0.4, -0.2) is 37.4 Å². The van der Waals surface area contributed by atoms with Gasteiger partial charge in [0.1, 0.15) is 0 Å². The summed E-state index contributed by atoms with van der Waals surface area (Å²) in [6.45, 7) is 4.01. The van der Waals surface area contributed by atoms with E-state index in [9.17, 15) is 4.79 Å². The van der Waals surface area contributed by atoms with Crippen molar-refractivity contribution in [1.82, 2.24) is 24.5 Å². The van der Waals surface area contributed by atoms with E-state index in [4.69, 9.17) is 0 Å². The number of aryl methyl sites for hydroxylation is 2. The number of amides is 1. The lowest BCUT2D eigenvalue weighted by Gasteiger charge is -2.17. The van der Waals surface area contributed by atoms with Gasteiger partial charge in [-0.25, -0.2) is 0 Å². The molecule has 0 aliphatic heterocycles. The largest absolute Gasteiger partial charge is 0.340 e. The van der Waals surface area contributed by atoms with E-state index in [2.05, 4.69) is 26.1 Å². The van der Waals surface area contributed by atoms with Crippen molar-refractivity contribution in [3.05, 3.63) is 34.8 Å². The number of aromatic nitrogens is 4. The quantitative estimate of drug-likeness (QED) is 0.807. The van der Waals surface area contributed by atoms with Crippen molar-refractivity contribution in [3.8, 4) is 0 Å². The first-order valence-electron chi connectivity index (χ1n) is 6.52. The minimum absolute atomic E-state index is 0.0977. The summed E-state index contributed by atoms with van der Waals surface area (Å²) in [5.74, 6) is 0.0977. The first-order chi connectivity index (χ1) is 9.60. The Morgan fingerprint density at radius 1 is 1.45 bits per heavy atom. The Bertz CT molecular complexity index is 577. The molecule has 20 heavy (non-hydrogen) atoms. The van der Waals surface area contributed by atoms with E-state index >= 15 is 0 Å². The van der Waals surface area contributed by atoms with Crippen LogP contribution in [0, 0.1) is 0 Å². The smallest absolute Gasteiger partial charge is 0.224 e. The maximum atomic E-state index is 12.1. The molecule has 0 saturated heterocycles. The third-order valence-corrected chi connectivity index (χ3v) is 3.49. The first kappa shape index (κ1) is 14.8. The van der Waals surface area contributed by atoms with Crippen LogP contribution in [0.1, 0.15) is 19.0 Å². The minimum Gasteiger partial charge on any atom is -0.340 e. The summed E-state index contributed by atoms with van der Waals surface area (Å²) in [6.07, 6.45) is 5.77. The van der Waals surface area contributed by atoms with Gasteiger partial charge in [0.25, 0.3) is 0 Å². The average molecular weight is 340 g/mol. The average Bonchev–Trinajstić information content (AvgIpc) is 3.04. The van der Waals surface area contributed by atoms with E-state index in [0.717, 1.165) is 16.7 Å². The van der Waals surface area contributed by atoms with Crippen LogP contribution in [0.5, 0.6) is 0 Å². The van der Waals surface area contributed by atoms with Crippen molar-refractivity contribution in [3.63, 3.8) is 0 Å². The number of carbonyl (C=O) groups excluding carboxylic acids is 1. The third kappa shape index (κ3) is 3.69. The molecule has 0 bridgehead atoms. The standard InChI is InChI=1S/C13H18BrN5O/c1-3-19-12(4-6-15-19)10-17(2)13(20)5-7-18-9-11(14)8-16-18/h4,6,8-9H,3,5,7,10H2,1-2H3. The van der Waals surface area contributed by atoms with E-state index < -0.39 is 0 Å². The molecule has 0 spiro atoms. The summed E-state index contributed by atoms with van der Waals surface area (Å²) < 4.78 is 4.57. The highest BCUT2D eigenvalue weighted by atomic mass is 79.9. The van der Waals surface area contributed by atoms with Crippen LogP contribution in [0.4, 0.5) is 0 Å². The van der Waals surface area contributed by atoms with Crippen molar-refractivity contribution in [2.24, 2.45) is 0 Å². The van der Waals surface area contributed by atoms with Gasteiger partial charge in [-0.1, -0.05) is 0 Å². The van der Waals surface area contributed by atoms with E-state index in [0.29, 0.717) is 19.5 Å². The molecule has 2 rings (SSSR count). The van der Waals surface area contributed by atoms with Crippen molar-refractivity contribution >= 4 is 21.8 Å². The van der Waals surface area contributed by atoms with Crippen LogP contribution in [0.15, 0.2) is 29.1 Å². The van der Waals surface area contributed by atoms with Gasteiger partial charge in [0.2, 0.25) is 5.91 Å². The molecule has 0 radical (unpaired) electrons. The first-order valence-corrected chi connectivity index (χ1v) is 7.32. The Labute approximate surface area is 126 Å². The molecule has 6 nitrogen and oxygen atoms in total. The Morgan fingerprint density at radius 3 is 2.90 bits per heavy atom. The molecule has 1 amide bonds. The number of hydrogen-bond donors (Lipinski definition) is 0. The van der Waals surface area contributed by atoms with Crippen molar-refractivity contribution in [1.29, 1.82) is 0 Å². The zero-order valence-electron chi connectivity index (χ0n) is 11.7. The highest BCUT2D eigenvalue weighted by molar-refractivity contribution is 9.10. The number of carbonyl (C=O) groups is 1. The lowest BCUT2D eigenvalue weighted by Crippen LogP contribution is -2.28. The van der Waals surface area contributed by atoms with Crippen molar-refractivity contribution in [2.75, 3.05) is 7.05 Å².